The lowest BCUT2D eigenvalue weighted by Gasteiger charge is -2.23. The van der Waals surface area contributed by atoms with E-state index >= 15 is 0 Å². The SMILES string of the molecule is CC(C)(C)NC(=O)C1C[C@]1(NC(=O)CCc1ccccc1)C(=O)NCCNC(=O)c1cccc2ccccc12. The van der Waals surface area contributed by atoms with E-state index in [4.69, 9.17) is 0 Å². The van der Waals surface area contributed by atoms with E-state index in [0.717, 1.165) is 16.3 Å². The molecule has 1 fully saturated rings. The molecule has 1 aliphatic rings. The van der Waals surface area contributed by atoms with Crippen LogP contribution in [0.4, 0.5) is 0 Å². The molecule has 1 unspecified atom stereocenters. The van der Waals surface area contributed by atoms with Gasteiger partial charge in [0, 0.05) is 30.6 Å². The maximum atomic E-state index is 13.3. The molecule has 39 heavy (non-hydrogen) atoms. The average Bonchev–Trinajstić information content (AvgIpc) is 3.64. The van der Waals surface area contributed by atoms with Gasteiger partial charge >= 0.3 is 0 Å². The summed E-state index contributed by atoms with van der Waals surface area (Å²) < 4.78 is 0. The zero-order valence-corrected chi connectivity index (χ0v) is 22.7. The first-order valence-electron chi connectivity index (χ1n) is 13.3. The van der Waals surface area contributed by atoms with Crippen LogP contribution in [0, 0.1) is 5.92 Å². The minimum absolute atomic E-state index is 0.157. The van der Waals surface area contributed by atoms with Crippen molar-refractivity contribution in [2.45, 2.75) is 51.1 Å². The lowest BCUT2D eigenvalue weighted by atomic mass is 10.0. The van der Waals surface area contributed by atoms with E-state index in [1.807, 2.05) is 87.5 Å². The van der Waals surface area contributed by atoms with Gasteiger partial charge in [0.2, 0.25) is 17.7 Å². The highest BCUT2D eigenvalue weighted by molar-refractivity contribution is 6.07. The molecule has 2 atom stereocenters. The van der Waals surface area contributed by atoms with Gasteiger partial charge in [-0.2, -0.15) is 0 Å². The zero-order chi connectivity index (χ0) is 28.0. The van der Waals surface area contributed by atoms with Crippen LogP contribution in [-0.2, 0) is 20.8 Å². The number of aryl methyl sites for hydroxylation is 1. The van der Waals surface area contributed by atoms with Crippen molar-refractivity contribution in [2.75, 3.05) is 13.1 Å². The van der Waals surface area contributed by atoms with E-state index in [-0.39, 0.29) is 43.7 Å². The van der Waals surface area contributed by atoms with Gasteiger partial charge in [0.1, 0.15) is 5.54 Å². The molecule has 0 aliphatic heterocycles. The Bertz CT molecular complexity index is 1360. The summed E-state index contributed by atoms with van der Waals surface area (Å²) in [4.78, 5) is 51.8. The summed E-state index contributed by atoms with van der Waals surface area (Å²) in [6.45, 7) is 5.96. The summed E-state index contributed by atoms with van der Waals surface area (Å²) >= 11 is 0. The first-order chi connectivity index (χ1) is 18.6. The number of benzene rings is 3. The molecule has 1 aliphatic carbocycles. The molecule has 0 spiro atoms. The Hall–Kier alpha value is -4.20. The summed E-state index contributed by atoms with van der Waals surface area (Å²) in [5.74, 6) is -1.89. The van der Waals surface area contributed by atoms with Crippen molar-refractivity contribution in [1.29, 1.82) is 0 Å². The average molecular weight is 529 g/mol. The van der Waals surface area contributed by atoms with Crippen LogP contribution >= 0.6 is 0 Å². The number of hydrogen-bond acceptors (Lipinski definition) is 4. The summed E-state index contributed by atoms with van der Waals surface area (Å²) in [7, 11) is 0. The van der Waals surface area contributed by atoms with Crippen LogP contribution < -0.4 is 21.3 Å². The molecule has 0 aromatic heterocycles. The molecule has 8 nitrogen and oxygen atoms in total. The second-order valence-electron chi connectivity index (χ2n) is 11.0. The Morgan fingerprint density at radius 2 is 1.51 bits per heavy atom. The van der Waals surface area contributed by atoms with Crippen molar-refractivity contribution in [2.24, 2.45) is 5.92 Å². The van der Waals surface area contributed by atoms with Gasteiger partial charge in [0.05, 0.1) is 5.92 Å². The zero-order valence-electron chi connectivity index (χ0n) is 22.7. The Labute approximate surface area is 228 Å². The van der Waals surface area contributed by atoms with Gasteiger partial charge in [-0.15, -0.1) is 0 Å². The molecule has 4 N–H and O–H groups in total. The first kappa shape index (κ1) is 27.8. The molecule has 4 rings (SSSR count). The van der Waals surface area contributed by atoms with Crippen molar-refractivity contribution in [3.63, 3.8) is 0 Å². The number of rotatable bonds is 10. The minimum atomic E-state index is -1.30. The second kappa shape index (κ2) is 11.7. The molecule has 0 radical (unpaired) electrons. The fraction of sp³-hybridized carbons (Fsp3) is 0.355. The van der Waals surface area contributed by atoms with Gasteiger partial charge in [-0.1, -0.05) is 66.7 Å². The Morgan fingerprint density at radius 3 is 2.26 bits per heavy atom. The standard InChI is InChI=1S/C31H36N4O4/c1-30(2,3)35-28(38)25-20-31(25,34-26(36)17-16-21-10-5-4-6-11-21)29(39)33-19-18-32-27(37)24-15-9-13-22-12-7-8-14-23(22)24/h4-15,25H,16-20H2,1-3H3,(H,32,37)(H,33,39)(H,34,36)(H,35,38)/t25?,31-/m1/s1. The number of carbonyl (C=O) groups excluding carboxylic acids is 4. The molecule has 3 aromatic rings. The van der Waals surface area contributed by atoms with E-state index in [0.29, 0.717) is 12.0 Å². The largest absolute Gasteiger partial charge is 0.352 e. The van der Waals surface area contributed by atoms with Crippen LogP contribution in [0.5, 0.6) is 0 Å². The van der Waals surface area contributed by atoms with E-state index < -0.39 is 22.9 Å². The predicted octanol–water partition coefficient (Wildman–Crippen LogP) is 3.11. The van der Waals surface area contributed by atoms with Crippen molar-refractivity contribution < 1.29 is 19.2 Å². The fourth-order valence-electron chi connectivity index (χ4n) is 4.72. The van der Waals surface area contributed by atoms with Gasteiger partial charge in [0.25, 0.3) is 5.91 Å². The second-order valence-corrected chi connectivity index (χ2v) is 11.0. The monoisotopic (exact) mass is 528 g/mol. The first-order valence-corrected chi connectivity index (χ1v) is 13.3. The van der Waals surface area contributed by atoms with E-state index in [2.05, 4.69) is 21.3 Å². The molecular formula is C31H36N4O4. The van der Waals surface area contributed by atoms with Crippen molar-refractivity contribution in [3.05, 3.63) is 83.9 Å². The van der Waals surface area contributed by atoms with Gasteiger partial charge in [-0.25, -0.2) is 0 Å². The highest BCUT2D eigenvalue weighted by Gasteiger charge is 2.64. The maximum absolute atomic E-state index is 13.3. The third-order valence-corrected chi connectivity index (χ3v) is 6.76. The Morgan fingerprint density at radius 1 is 0.846 bits per heavy atom. The molecule has 4 amide bonds. The molecule has 0 bridgehead atoms. The fourth-order valence-corrected chi connectivity index (χ4v) is 4.72. The molecule has 3 aromatic carbocycles. The van der Waals surface area contributed by atoms with Gasteiger partial charge in [0.15, 0.2) is 0 Å². The number of fused-ring (bicyclic) bond motifs is 1. The lowest BCUT2D eigenvalue weighted by Crippen LogP contribution is -2.54. The van der Waals surface area contributed by atoms with Crippen molar-refractivity contribution in [3.8, 4) is 0 Å². The van der Waals surface area contributed by atoms with Gasteiger partial charge < -0.3 is 21.3 Å². The van der Waals surface area contributed by atoms with Crippen molar-refractivity contribution in [1.82, 2.24) is 21.3 Å². The topological polar surface area (TPSA) is 116 Å². The number of carbonyl (C=O) groups is 4. The molecular weight excluding hydrogens is 492 g/mol. The minimum Gasteiger partial charge on any atom is -0.352 e. The molecule has 204 valence electrons. The quantitative estimate of drug-likeness (QED) is 0.303. The highest BCUT2D eigenvalue weighted by atomic mass is 16.2. The van der Waals surface area contributed by atoms with Gasteiger partial charge in [-0.3, -0.25) is 19.2 Å². The van der Waals surface area contributed by atoms with Crippen LogP contribution in [0.25, 0.3) is 10.8 Å². The van der Waals surface area contributed by atoms with E-state index in [9.17, 15) is 19.2 Å². The number of nitrogens with one attached hydrogen (secondary N) is 4. The van der Waals surface area contributed by atoms with E-state index in [1.165, 1.54) is 0 Å². The summed E-state index contributed by atoms with van der Waals surface area (Å²) in [5, 5.41) is 13.2. The van der Waals surface area contributed by atoms with Crippen LogP contribution in [0.3, 0.4) is 0 Å². The number of amides is 4. The third kappa shape index (κ3) is 7.02. The van der Waals surface area contributed by atoms with Crippen LogP contribution in [0.2, 0.25) is 0 Å². The molecule has 8 heteroatoms. The molecule has 0 saturated heterocycles. The smallest absolute Gasteiger partial charge is 0.251 e. The van der Waals surface area contributed by atoms with Crippen LogP contribution in [0.1, 0.15) is 49.5 Å². The Balaban J connectivity index is 1.35. The van der Waals surface area contributed by atoms with Crippen LogP contribution in [-0.4, -0.2) is 47.8 Å². The normalized spacial score (nSPS) is 18.2. The summed E-state index contributed by atoms with van der Waals surface area (Å²) in [6, 6.07) is 22.8. The molecule has 0 heterocycles. The van der Waals surface area contributed by atoms with E-state index in [1.54, 1.807) is 6.07 Å². The number of hydrogen-bond donors (Lipinski definition) is 4. The summed E-state index contributed by atoms with van der Waals surface area (Å²) in [6.07, 6.45) is 0.956. The predicted molar refractivity (Wildman–Crippen MR) is 151 cm³/mol. The third-order valence-electron chi connectivity index (χ3n) is 6.76. The lowest BCUT2D eigenvalue weighted by molar-refractivity contribution is -0.132. The Kier molecular flexibility index (Phi) is 8.33. The maximum Gasteiger partial charge on any atom is 0.251 e. The van der Waals surface area contributed by atoms with Crippen LogP contribution in [0.15, 0.2) is 72.8 Å². The molecule has 1 saturated carbocycles. The highest BCUT2D eigenvalue weighted by Crippen LogP contribution is 2.44. The summed E-state index contributed by atoms with van der Waals surface area (Å²) in [5.41, 5.74) is -0.193. The van der Waals surface area contributed by atoms with Gasteiger partial charge in [-0.05, 0) is 56.0 Å². The van der Waals surface area contributed by atoms with Crippen molar-refractivity contribution >= 4 is 34.4 Å².